The average molecular weight is 196 g/mol. The fraction of sp³-hybridized carbons (Fsp3) is 0.600. The number of aliphatic hydroxyl groups excluding tert-OH is 3. The van der Waals surface area contributed by atoms with E-state index in [2.05, 4.69) is 12.2 Å². The van der Waals surface area contributed by atoms with Crippen LogP contribution < -0.4 is 0 Å². The first kappa shape index (κ1) is 11.0. The number of carbonyl (C=O) groups is 1. The summed E-state index contributed by atoms with van der Waals surface area (Å²) in [5, 5.41) is 24.7. The van der Waals surface area contributed by atoms with E-state index < -0.39 is 17.8 Å². The summed E-state index contributed by atoms with van der Waals surface area (Å²) in [6.07, 6.45) is -1.41. The largest absolute Gasteiger partial charge is 0.393 e. The van der Waals surface area contributed by atoms with Crippen LogP contribution in [0.15, 0.2) is 0 Å². The van der Waals surface area contributed by atoms with Crippen LogP contribution in [0.2, 0.25) is 0 Å². The molecule has 0 rings (SSSR count). The summed E-state index contributed by atoms with van der Waals surface area (Å²) in [6, 6.07) is 0. The molecule has 0 aromatic rings. The zero-order chi connectivity index (χ0) is 8.85. The van der Waals surface area contributed by atoms with Gasteiger partial charge in [0.05, 0.1) is 17.4 Å². The molecule has 11 heavy (non-hydrogen) atoms. The van der Waals surface area contributed by atoms with Crippen molar-refractivity contribution in [1.82, 2.24) is 0 Å². The van der Waals surface area contributed by atoms with Crippen LogP contribution in [0.3, 0.4) is 0 Å². The molecule has 0 amide bonds. The van der Waals surface area contributed by atoms with Crippen molar-refractivity contribution in [3.63, 3.8) is 0 Å². The first-order chi connectivity index (χ1) is 5.11. The van der Waals surface area contributed by atoms with Gasteiger partial charge in [0.1, 0.15) is 6.10 Å². The Balaban J connectivity index is 3.77. The number of thiocarbonyl (C=S) groups is 1. The molecule has 0 aliphatic carbocycles. The summed E-state index contributed by atoms with van der Waals surface area (Å²) >= 11 is 5.06. The molecule has 0 aromatic heterocycles. The van der Waals surface area contributed by atoms with Crippen molar-refractivity contribution in [3.8, 4) is 0 Å². The molecule has 6 heteroatoms. The highest BCUT2D eigenvalue weighted by molar-refractivity contribution is 8.33. The van der Waals surface area contributed by atoms with Crippen molar-refractivity contribution >= 4 is 33.3 Å². The number of carbonyl (C=O) groups excluding carboxylic acids is 1. The highest BCUT2D eigenvalue weighted by Crippen LogP contribution is 2.08. The number of thioether (sulfide) groups is 1. The smallest absolute Gasteiger partial charge is 0.225 e. The molecule has 3 N–H and O–H groups in total. The molecule has 0 aromatic carbocycles. The fourth-order valence-electron chi connectivity index (χ4n) is 0.287. The number of hydrogen-bond donors (Lipinski definition) is 3. The monoisotopic (exact) mass is 196 g/mol. The molecular weight excluding hydrogens is 188 g/mol. The maximum Gasteiger partial charge on any atom is 0.225 e. The SMILES string of the molecule is O=C(SC(=S)CO)C(O)CO. The van der Waals surface area contributed by atoms with Gasteiger partial charge in [-0.3, -0.25) is 4.79 Å². The minimum atomic E-state index is -1.41. The van der Waals surface area contributed by atoms with Crippen LogP contribution in [0.5, 0.6) is 0 Å². The Morgan fingerprint density at radius 3 is 2.45 bits per heavy atom. The Labute approximate surface area is 73.2 Å². The summed E-state index contributed by atoms with van der Waals surface area (Å²) < 4.78 is 0.0856. The predicted molar refractivity (Wildman–Crippen MR) is 45.4 cm³/mol. The minimum absolute atomic E-state index is 0.0856. The van der Waals surface area contributed by atoms with Gasteiger partial charge in [-0.1, -0.05) is 12.2 Å². The molecule has 0 aliphatic heterocycles. The summed E-state index contributed by atoms with van der Waals surface area (Å²) in [4.78, 5) is 10.7. The summed E-state index contributed by atoms with van der Waals surface area (Å²) in [5.74, 6) is 0. The first-order valence-corrected chi connectivity index (χ1v) is 3.98. The molecule has 1 atom stereocenters. The molecule has 64 valence electrons. The Bertz CT molecular complexity index is 159. The van der Waals surface area contributed by atoms with Crippen LogP contribution in [-0.2, 0) is 4.79 Å². The highest BCUT2D eigenvalue weighted by atomic mass is 32.2. The van der Waals surface area contributed by atoms with Gasteiger partial charge >= 0.3 is 0 Å². The molecule has 0 fully saturated rings. The van der Waals surface area contributed by atoms with Gasteiger partial charge in [-0.05, 0) is 11.8 Å². The van der Waals surface area contributed by atoms with Gasteiger partial charge in [-0.25, -0.2) is 0 Å². The van der Waals surface area contributed by atoms with E-state index in [-0.39, 0.29) is 10.8 Å². The standard InChI is InChI=1S/C5H8O4S2/c6-1-3(8)5(9)11-4(10)2-7/h3,6-8H,1-2H2. The Kier molecular flexibility index (Phi) is 5.61. The lowest BCUT2D eigenvalue weighted by atomic mass is 10.4. The lowest BCUT2D eigenvalue weighted by molar-refractivity contribution is -0.119. The van der Waals surface area contributed by atoms with Gasteiger partial charge in [-0.15, -0.1) is 0 Å². The van der Waals surface area contributed by atoms with Crippen LogP contribution >= 0.6 is 24.0 Å². The van der Waals surface area contributed by atoms with E-state index >= 15 is 0 Å². The predicted octanol–water partition coefficient (Wildman–Crippen LogP) is -1.08. The third kappa shape index (κ3) is 4.44. The van der Waals surface area contributed by atoms with Crippen molar-refractivity contribution in [1.29, 1.82) is 0 Å². The van der Waals surface area contributed by atoms with E-state index in [1.54, 1.807) is 0 Å². The van der Waals surface area contributed by atoms with Gasteiger partial charge < -0.3 is 15.3 Å². The van der Waals surface area contributed by atoms with E-state index in [9.17, 15) is 4.79 Å². The molecule has 0 radical (unpaired) electrons. The fourth-order valence-corrected chi connectivity index (χ4v) is 1.03. The van der Waals surface area contributed by atoms with Gasteiger partial charge in [-0.2, -0.15) is 0 Å². The zero-order valence-electron chi connectivity index (χ0n) is 5.56. The van der Waals surface area contributed by atoms with Gasteiger partial charge in [0.15, 0.2) is 0 Å². The maximum atomic E-state index is 10.7. The molecular formula is C5H8O4S2. The van der Waals surface area contributed by atoms with Gasteiger partial charge in [0.25, 0.3) is 0 Å². The van der Waals surface area contributed by atoms with Crippen LogP contribution in [0.4, 0.5) is 0 Å². The molecule has 4 nitrogen and oxygen atoms in total. The lowest BCUT2D eigenvalue weighted by Crippen LogP contribution is -2.22. The molecule has 0 heterocycles. The van der Waals surface area contributed by atoms with Crippen molar-refractivity contribution in [2.75, 3.05) is 13.2 Å². The summed E-state index contributed by atoms with van der Waals surface area (Å²) in [7, 11) is 0. The lowest BCUT2D eigenvalue weighted by Gasteiger charge is -2.03. The topological polar surface area (TPSA) is 77.8 Å². The Morgan fingerprint density at radius 2 is 2.09 bits per heavy atom. The van der Waals surface area contributed by atoms with Crippen molar-refractivity contribution in [3.05, 3.63) is 0 Å². The zero-order valence-corrected chi connectivity index (χ0v) is 7.19. The second-order valence-corrected chi connectivity index (χ2v) is 3.50. The minimum Gasteiger partial charge on any atom is -0.393 e. The quantitative estimate of drug-likeness (QED) is 0.498. The second-order valence-electron chi connectivity index (χ2n) is 1.65. The van der Waals surface area contributed by atoms with E-state index in [4.69, 9.17) is 15.3 Å². The maximum absolute atomic E-state index is 10.7. The molecule has 0 spiro atoms. The van der Waals surface area contributed by atoms with Crippen molar-refractivity contribution < 1.29 is 20.1 Å². The third-order valence-corrected chi connectivity index (χ3v) is 2.00. The summed E-state index contributed by atoms with van der Waals surface area (Å²) in [6.45, 7) is -1.01. The van der Waals surface area contributed by atoms with Crippen LogP contribution in [0, 0.1) is 0 Å². The summed E-state index contributed by atoms with van der Waals surface area (Å²) in [5.41, 5.74) is 0. The van der Waals surface area contributed by atoms with Crippen LogP contribution in [-0.4, -0.2) is 43.9 Å². The van der Waals surface area contributed by atoms with Crippen LogP contribution in [0.1, 0.15) is 0 Å². The van der Waals surface area contributed by atoms with Gasteiger partial charge in [0, 0.05) is 0 Å². The molecule has 0 saturated heterocycles. The number of hydrogen-bond acceptors (Lipinski definition) is 6. The van der Waals surface area contributed by atoms with E-state index in [0.29, 0.717) is 11.8 Å². The molecule has 0 bridgehead atoms. The Hall–Kier alpha value is -0.0100. The number of rotatable bonds is 3. The average Bonchev–Trinajstić information content (AvgIpc) is 2.02. The molecule has 0 aliphatic rings. The van der Waals surface area contributed by atoms with E-state index in [0.717, 1.165) is 0 Å². The molecule has 0 saturated carbocycles. The third-order valence-electron chi connectivity index (χ3n) is 0.789. The first-order valence-electron chi connectivity index (χ1n) is 2.76. The van der Waals surface area contributed by atoms with E-state index in [1.807, 2.05) is 0 Å². The highest BCUT2D eigenvalue weighted by Gasteiger charge is 2.15. The van der Waals surface area contributed by atoms with E-state index in [1.165, 1.54) is 0 Å². The molecule has 1 unspecified atom stereocenters. The normalized spacial score (nSPS) is 12.6. The van der Waals surface area contributed by atoms with Gasteiger partial charge in [0.2, 0.25) is 5.12 Å². The van der Waals surface area contributed by atoms with Crippen molar-refractivity contribution in [2.24, 2.45) is 0 Å². The second kappa shape index (κ2) is 5.62. The van der Waals surface area contributed by atoms with Crippen molar-refractivity contribution in [2.45, 2.75) is 6.10 Å². The van der Waals surface area contributed by atoms with Crippen LogP contribution in [0.25, 0.3) is 0 Å². The Morgan fingerprint density at radius 1 is 1.55 bits per heavy atom. The number of aliphatic hydroxyl groups is 3.